The number of nitrogens with zero attached hydrogens (tertiary/aromatic N) is 1. The zero-order chi connectivity index (χ0) is 15.8. The number of methoxy groups -OCH3 is 1. The van der Waals surface area contributed by atoms with Gasteiger partial charge >= 0.3 is 5.97 Å². The van der Waals surface area contributed by atoms with Crippen molar-refractivity contribution < 1.29 is 24.2 Å². The van der Waals surface area contributed by atoms with Crippen LogP contribution in [0.4, 0.5) is 5.69 Å². The van der Waals surface area contributed by atoms with Crippen molar-refractivity contribution in [2.45, 2.75) is 13.8 Å². The van der Waals surface area contributed by atoms with Crippen molar-refractivity contribution in [2.75, 3.05) is 25.6 Å². The van der Waals surface area contributed by atoms with Gasteiger partial charge in [-0.15, -0.1) is 0 Å². The van der Waals surface area contributed by atoms with Crippen LogP contribution in [0.25, 0.3) is 0 Å². The van der Waals surface area contributed by atoms with Crippen molar-refractivity contribution in [3.8, 4) is 5.88 Å². The minimum Gasteiger partial charge on any atom is -0.481 e. The number of anilines is 1. The summed E-state index contributed by atoms with van der Waals surface area (Å²) < 4.78 is 10.1. The Morgan fingerprint density at radius 3 is 2.52 bits per heavy atom. The average molecular weight is 296 g/mol. The molecular weight excluding hydrogens is 276 g/mol. The number of carboxylic acid groups (broad SMARTS) is 1. The third-order valence-electron chi connectivity index (χ3n) is 3.09. The number of rotatable bonds is 8. The van der Waals surface area contributed by atoms with E-state index in [0.717, 1.165) is 0 Å². The molecule has 2 unspecified atom stereocenters. The lowest BCUT2D eigenvalue weighted by Crippen LogP contribution is -2.29. The third kappa shape index (κ3) is 5.39. The highest BCUT2D eigenvalue weighted by atomic mass is 16.5. The Morgan fingerprint density at radius 1 is 1.29 bits per heavy atom. The van der Waals surface area contributed by atoms with Gasteiger partial charge in [0.2, 0.25) is 11.8 Å². The SMILES string of the molecule is COCCOc1ccc(NC(=O)C(C)C(C)C(=O)O)cn1. The lowest BCUT2D eigenvalue weighted by molar-refractivity contribution is -0.145. The van der Waals surface area contributed by atoms with Crippen molar-refractivity contribution in [3.05, 3.63) is 18.3 Å². The molecule has 0 aliphatic heterocycles. The van der Waals surface area contributed by atoms with Crippen LogP contribution in [-0.4, -0.2) is 42.3 Å². The fourth-order valence-corrected chi connectivity index (χ4v) is 1.47. The van der Waals surface area contributed by atoms with E-state index in [1.165, 1.54) is 13.1 Å². The summed E-state index contributed by atoms with van der Waals surface area (Å²) in [4.78, 5) is 26.8. The first kappa shape index (κ1) is 16.9. The molecule has 2 N–H and O–H groups in total. The summed E-state index contributed by atoms with van der Waals surface area (Å²) in [5.74, 6) is -2.33. The number of carbonyl (C=O) groups excluding carboxylic acids is 1. The second kappa shape index (κ2) is 8.21. The van der Waals surface area contributed by atoms with Gasteiger partial charge in [0.15, 0.2) is 0 Å². The Morgan fingerprint density at radius 2 is 2.00 bits per heavy atom. The van der Waals surface area contributed by atoms with Crippen LogP contribution >= 0.6 is 0 Å². The molecule has 1 aromatic rings. The summed E-state index contributed by atoms with van der Waals surface area (Å²) >= 11 is 0. The van der Waals surface area contributed by atoms with E-state index in [1.54, 1.807) is 26.2 Å². The van der Waals surface area contributed by atoms with E-state index in [1.807, 2.05) is 0 Å². The van der Waals surface area contributed by atoms with E-state index >= 15 is 0 Å². The van der Waals surface area contributed by atoms with E-state index in [2.05, 4.69) is 10.3 Å². The van der Waals surface area contributed by atoms with Gasteiger partial charge in [0.05, 0.1) is 24.4 Å². The number of amides is 1. The fraction of sp³-hybridized carbons (Fsp3) is 0.500. The quantitative estimate of drug-likeness (QED) is 0.704. The van der Waals surface area contributed by atoms with Gasteiger partial charge in [0.1, 0.15) is 6.61 Å². The molecule has 1 rings (SSSR count). The Hall–Kier alpha value is -2.15. The van der Waals surface area contributed by atoms with Crippen LogP contribution in [0.3, 0.4) is 0 Å². The zero-order valence-corrected chi connectivity index (χ0v) is 12.3. The normalized spacial score (nSPS) is 13.3. The molecule has 7 nitrogen and oxygen atoms in total. The second-order valence-electron chi connectivity index (χ2n) is 4.63. The number of nitrogens with one attached hydrogen (secondary N) is 1. The minimum absolute atomic E-state index is 0.361. The number of carbonyl (C=O) groups is 2. The maximum absolute atomic E-state index is 11.9. The fourth-order valence-electron chi connectivity index (χ4n) is 1.47. The minimum atomic E-state index is -1.00. The number of carboxylic acids is 1. The van der Waals surface area contributed by atoms with Crippen LogP contribution in [0.1, 0.15) is 13.8 Å². The Balaban J connectivity index is 2.55. The molecule has 0 aromatic carbocycles. The number of aromatic nitrogens is 1. The van der Waals surface area contributed by atoms with Crippen LogP contribution in [0.2, 0.25) is 0 Å². The standard InChI is InChI=1S/C14H20N2O5/c1-9(10(2)14(18)19)13(17)16-11-4-5-12(15-8-11)21-7-6-20-3/h4-5,8-10H,6-7H2,1-3H3,(H,16,17)(H,18,19). The van der Waals surface area contributed by atoms with E-state index in [4.69, 9.17) is 14.6 Å². The van der Waals surface area contributed by atoms with Crippen molar-refractivity contribution in [1.82, 2.24) is 4.98 Å². The van der Waals surface area contributed by atoms with Gasteiger partial charge in [-0.3, -0.25) is 9.59 Å². The van der Waals surface area contributed by atoms with Crippen LogP contribution < -0.4 is 10.1 Å². The predicted molar refractivity (Wildman–Crippen MR) is 76.2 cm³/mol. The van der Waals surface area contributed by atoms with E-state index in [9.17, 15) is 9.59 Å². The van der Waals surface area contributed by atoms with E-state index < -0.39 is 17.8 Å². The highest BCUT2D eigenvalue weighted by Gasteiger charge is 2.25. The van der Waals surface area contributed by atoms with Gasteiger partial charge in [-0.1, -0.05) is 13.8 Å². The van der Waals surface area contributed by atoms with E-state index in [-0.39, 0.29) is 5.91 Å². The molecule has 0 bridgehead atoms. The number of pyridine rings is 1. The molecule has 1 aromatic heterocycles. The third-order valence-corrected chi connectivity index (χ3v) is 3.09. The molecule has 2 atom stereocenters. The Labute approximate surface area is 123 Å². The molecule has 0 aliphatic rings. The molecule has 1 amide bonds. The highest BCUT2D eigenvalue weighted by molar-refractivity contribution is 5.94. The number of hydrogen-bond acceptors (Lipinski definition) is 5. The molecule has 21 heavy (non-hydrogen) atoms. The van der Waals surface area contributed by atoms with Gasteiger partial charge in [0.25, 0.3) is 0 Å². The zero-order valence-electron chi connectivity index (χ0n) is 12.3. The molecule has 0 radical (unpaired) electrons. The van der Waals surface area contributed by atoms with Gasteiger partial charge < -0.3 is 19.9 Å². The first-order valence-corrected chi connectivity index (χ1v) is 6.57. The molecule has 116 valence electrons. The molecule has 0 fully saturated rings. The average Bonchev–Trinajstić information content (AvgIpc) is 2.47. The van der Waals surface area contributed by atoms with Crippen LogP contribution in [0.5, 0.6) is 5.88 Å². The van der Waals surface area contributed by atoms with Crippen molar-refractivity contribution in [2.24, 2.45) is 11.8 Å². The topological polar surface area (TPSA) is 97.8 Å². The van der Waals surface area contributed by atoms with Crippen LogP contribution in [-0.2, 0) is 14.3 Å². The summed E-state index contributed by atoms with van der Waals surface area (Å²) in [7, 11) is 1.58. The lowest BCUT2D eigenvalue weighted by atomic mass is 9.95. The summed E-state index contributed by atoms with van der Waals surface area (Å²) in [6.45, 7) is 3.93. The summed E-state index contributed by atoms with van der Waals surface area (Å²) in [5, 5.41) is 11.5. The number of hydrogen-bond donors (Lipinski definition) is 2. The van der Waals surface area contributed by atoms with Crippen molar-refractivity contribution in [3.63, 3.8) is 0 Å². The maximum Gasteiger partial charge on any atom is 0.307 e. The van der Waals surface area contributed by atoms with Gasteiger partial charge in [0, 0.05) is 19.1 Å². The Kier molecular flexibility index (Phi) is 6.61. The second-order valence-corrected chi connectivity index (χ2v) is 4.63. The predicted octanol–water partition coefficient (Wildman–Crippen LogP) is 1.40. The molecule has 0 aliphatic carbocycles. The van der Waals surface area contributed by atoms with Crippen LogP contribution in [0.15, 0.2) is 18.3 Å². The summed E-state index contributed by atoms with van der Waals surface area (Å²) in [5.41, 5.74) is 0.489. The van der Waals surface area contributed by atoms with Crippen molar-refractivity contribution in [1.29, 1.82) is 0 Å². The summed E-state index contributed by atoms with van der Waals surface area (Å²) in [6.07, 6.45) is 1.46. The number of aliphatic carboxylic acids is 1. The molecule has 7 heteroatoms. The van der Waals surface area contributed by atoms with Crippen molar-refractivity contribution >= 4 is 17.6 Å². The molecular formula is C14H20N2O5. The Bertz CT molecular complexity index is 475. The highest BCUT2D eigenvalue weighted by Crippen LogP contribution is 2.16. The maximum atomic E-state index is 11.9. The smallest absolute Gasteiger partial charge is 0.307 e. The lowest BCUT2D eigenvalue weighted by Gasteiger charge is -2.15. The summed E-state index contributed by atoms with van der Waals surface area (Å²) in [6, 6.07) is 3.27. The van der Waals surface area contributed by atoms with Crippen LogP contribution in [0, 0.1) is 11.8 Å². The number of ether oxygens (including phenoxy) is 2. The molecule has 0 spiro atoms. The first-order valence-electron chi connectivity index (χ1n) is 6.57. The largest absolute Gasteiger partial charge is 0.481 e. The monoisotopic (exact) mass is 296 g/mol. The van der Waals surface area contributed by atoms with Gasteiger partial charge in [-0.2, -0.15) is 0 Å². The first-order chi connectivity index (χ1) is 9.95. The van der Waals surface area contributed by atoms with Gasteiger partial charge in [-0.25, -0.2) is 4.98 Å². The molecule has 1 heterocycles. The molecule has 0 saturated carbocycles. The van der Waals surface area contributed by atoms with Gasteiger partial charge in [-0.05, 0) is 6.07 Å². The van der Waals surface area contributed by atoms with E-state index in [0.29, 0.717) is 24.8 Å². The molecule has 0 saturated heterocycles.